The van der Waals surface area contributed by atoms with Gasteiger partial charge in [-0.3, -0.25) is 16.3 Å². The molecule has 1 unspecified atom stereocenters. The van der Waals surface area contributed by atoms with Gasteiger partial charge in [-0.05, 0) is 18.8 Å². The van der Waals surface area contributed by atoms with Gasteiger partial charge < -0.3 is 4.74 Å². The Labute approximate surface area is 89.0 Å². The Balaban J connectivity index is 2.24. The Hall–Kier alpha value is -1.20. The molecule has 0 aliphatic heterocycles. The van der Waals surface area contributed by atoms with Gasteiger partial charge in [0.05, 0.1) is 13.2 Å². The van der Waals surface area contributed by atoms with E-state index in [1.807, 2.05) is 0 Å². The zero-order valence-corrected chi connectivity index (χ0v) is 8.81. The molecule has 0 radical (unpaired) electrons. The summed E-state index contributed by atoms with van der Waals surface area (Å²) in [6.45, 7) is 0. The topological polar surface area (TPSA) is 73.1 Å². The highest BCUT2D eigenvalue weighted by Gasteiger charge is 2.30. The molecule has 1 aromatic heterocycles. The van der Waals surface area contributed by atoms with Crippen molar-refractivity contribution in [1.29, 1.82) is 0 Å². The maximum absolute atomic E-state index is 5.57. The van der Waals surface area contributed by atoms with E-state index in [1.165, 1.54) is 19.3 Å². The third-order valence-corrected chi connectivity index (χ3v) is 2.98. The van der Waals surface area contributed by atoms with Crippen molar-refractivity contribution < 1.29 is 4.74 Å². The Kier molecular flexibility index (Phi) is 3.13. The minimum atomic E-state index is 0.0578. The SMILES string of the molecule is COc1nccnc1C(NN)C1CCC1. The van der Waals surface area contributed by atoms with Crippen LogP contribution >= 0.6 is 0 Å². The third-order valence-electron chi connectivity index (χ3n) is 2.98. The highest BCUT2D eigenvalue weighted by molar-refractivity contribution is 5.22. The van der Waals surface area contributed by atoms with Crippen LogP contribution < -0.4 is 16.0 Å². The molecule has 1 heterocycles. The molecule has 2 rings (SSSR count). The van der Waals surface area contributed by atoms with Gasteiger partial charge in [0, 0.05) is 12.4 Å². The van der Waals surface area contributed by atoms with Crippen molar-refractivity contribution >= 4 is 0 Å². The van der Waals surface area contributed by atoms with Crippen LogP contribution in [-0.2, 0) is 0 Å². The molecule has 3 N–H and O–H groups in total. The Morgan fingerprint density at radius 3 is 2.73 bits per heavy atom. The van der Waals surface area contributed by atoms with Crippen LogP contribution in [-0.4, -0.2) is 17.1 Å². The van der Waals surface area contributed by atoms with Crippen molar-refractivity contribution in [1.82, 2.24) is 15.4 Å². The fourth-order valence-electron chi connectivity index (χ4n) is 1.92. The van der Waals surface area contributed by atoms with Gasteiger partial charge in [0.2, 0.25) is 5.88 Å². The molecular formula is C10H16N4O. The first kappa shape index (κ1) is 10.3. The highest BCUT2D eigenvalue weighted by Crippen LogP contribution is 2.38. The van der Waals surface area contributed by atoms with Crippen molar-refractivity contribution in [2.75, 3.05) is 7.11 Å². The summed E-state index contributed by atoms with van der Waals surface area (Å²) in [6.07, 6.45) is 6.94. The number of methoxy groups -OCH3 is 1. The molecule has 1 aliphatic rings. The second-order valence-corrected chi connectivity index (χ2v) is 3.79. The molecule has 0 bridgehead atoms. The number of nitrogens with zero attached hydrogens (tertiary/aromatic N) is 2. The fourth-order valence-corrected chi connectivity index (χ4v) is 1.92. The van der Waals surface area contributed by atoms with Gasteiger partial charge >= 0.3 is 0 Å². The number of rotatable bonds is 4. The summed E-state index contributed by atoms with van der Waals surface area (Å²) >= 11 is 0. The van der Waals surface area contributed by atoms with Crippen LogP contribution in [0.25, 0.3) is 0 Å². The molecule has 82 valence electrons. The average molecular weight is 208 g/mol. The van der Waals surface area contributed by atoms with E-state index in [0.29, 0.717) is 11.8 Å². The molecular weight excluding hydrogens is 192 g/mol. The van der Waals surface area contributed by atoms with Gasteiger partial charge in [-0.25, -0.2) is 4.98 Å². The normalized spacial score (nSPS) is 18.3. The van der Waals surface area contributed by atoms with Crippen LogP contribution in [0.3, 0.4) is 0 Å². The first-order valence-electron chi connectivity index (χ1n) is 5.18. The molecule has 15 heavy (non-hydrogen) atoms. The van der Waals surface area contributed by atoms with Gasteiger partial charge in [0.25, 0.3) is 0 Å². The molecule has 1 aromatic rings. The molecule has 1 aliphatic carbocycles. The Bertz CT molecular complexity index is 327. The van der Waals surface area contributed by atoms with Crippen molar-refractivity contribution in [3.8, 4) is 5.88 Å². The predicted molar refractivity (Wildman–Crippen MR) is 56.0 cm³/mol. The largest absolute Gasteiger partial charge is 0.480 e. The summed E-state index contributed by atoms with van der Waals surface area (Å²) in [7, 11) is 1.60. The van der Waals surface area contributed by atoms with Crippen LogP contribution in [0.2, 0.25) is 0 Å². The second-order valence-electron chi connectivity index (χ2n) is 3.79. The predicted octanol–water partition coefficient (Wildman–Crippen LogP) is 0.790. The molecule has 1 fully saturated rings. The number of nitrogens with two attached hydrogens (primary N) is 1. The van der Waals surface area contributed by atoms with Crippen LogP contribution in [0.5, 0.6) is 5.88 Å². The lowest BCUT2D eigenvalue weighted by atomic mass is 9.79. The lowest BCUT2D eigenvalue weighted by molar-refractivity contribution is 0.222. The maximum Gasteiger partial charge on any atom is 0.237 e. The Morgan fingerprint density at radius 2 is 2.20 bits per heavy atom. The van der Waals surface area contributed by atoms with Crippen LogP contribution in [0.15, 0.2) is 12.4 Å². The molecule has 0 aromatic carbocycles. The summed E-state index contributed by atoms with van der Waals surface area (Å²) in [5.74, 6) is 6.68. The summed E-state index contributed by atoms with van der Waals surface area (Å²) in [5.41, 5.74) is 3.62. The molecule has 1 saturated carbocycles. The van der Waals surface area contributed by atoms with E-state index in [0.717, 1.165) is 5.69 Å². The average Bonchev–Trinajstić information content (AvgIpc) is 2.23. The lowest BCUT2D eigenvalue weighted by Crippen LogP contribution is -2.37. The van der Waals surface area contributed by atoms with Gasteiger partial charge in [-0.15, -0.1) is 0 Å². The second kappa shape index (κ2) is 4.55. The smallest absolute Gasteiger partial charge is 0.237 e. The van der Waals surface area contributed by atoms with Crippen molar-refractivity contribution in [3.63, 3.8) is 0 Å². The van der Waals surface area contributed by atoms with E-state index in [4.69, 9.17) is 10.6 Å². The molecule has 5 heteroatoms. The van der Waals surface area contributed by atoms with Crippen molar-refractivity contribution in [2.45, 2.75) is 25.3 Å². The van der Waals surface area contributed by atoms with E-state index >= 15 is 0 Å². The standard InChI is InChI=1S/C10H16N4O/c1-15-10-9(12-5-6-13-10)8(14-11)7-3-2-4-7/h5-8,14H,2-4,11H2,1H3. The third kappa shape index (κ3) is 1.93. The molecule has 0 spiro atoms. The zero-order valence-electron chi connectivity index (χ0n) is 8.81. The zero-order chi connectivity index (χ0) is 10.7. The number of aromatic nitrogens is 2. The van der Waals surface area contributed by atoms with Gasteiger partial charge in [-0.1, -0.05) is 6.42 Å². The number of hydrazine groups is 1. The summed E-state index contributed by atoms with van der Waals surface area (Å²) in [4.78, 5) is 8.42. The first-order valence-corrected chi connectivity index (χ1v) is 5.18. The van der Waals surface area contributed by atoms with Crippen LogP contribution in [0.1, 0.15) is 31.0 Å². The quantitative estimate of drug-likeness (QED) is 0.565. The molecule has 0 amide bonds. The monoisotopic (exact) mass is 208 g/mol. The number of nitrogens with one attached hydrogen (secondary N) is 1. The van der Waals surface area contributed by atoms with Gasteiger partial charge in [0.1, 0.15) is 5.69 Å². The first-order chi connectivity index (χ1) is 7.36. The molecule has 5 nitrogen and oxygen atoms in total. The molecule has 1 atom stereocenters. The lowest BCUT2D eigenvalue weighted by Gasteiger charge is -2.32. The van der Waals surface area contributed by atoms with Crippen LogP contribution in [0, 0.1) is 5.92 Å². The van der Waals surface area contributed by atoms with E-state index in [1.54, 1.807) is 19.5 Å². The van der Waals surface area contributed by atoms with Crippen molar-refractivity contribution in [2.24, 2.45) is 11.8 Å². The highest BCUT2D eigenvalue weighted by atomic mass is 16.5. The summed E-state index contributed by atoms with van der Waals surface area (Å²) < 4.78 is 5.18. The van der Waals surface area contributed by atoms with E-state index < -0.39 is 0 Å². The number of hydrogen-bond donors (Lipinski definition) is 2. The Morgan fingerprint density at radius 1 is 1.47 bits per heavy atom. The maximum atomic E-state index is 5.57. The minimum absolute atomic E-state index is 0.0578. The van der Waals surface area contributed by atoms with Gasteiger partial charge in [0.15, 0.2) is 0 Å². The number of ether oxygens (including phenoxy) is 1. The molecule has 0 saturated heterocycles. The van der Waals surface area contributed by atoms with Crippen LogP contribution in [0.4, 0.5) is 0 Å². The van der Waals surface area contributed by atoms with E-state index in [2.05, 4.69) is 15.4 Å². The van der Waals surface area contributed by atoms with Crippen molar-refractivity contribution in [3.05, 3.63) is 18.1 Å². The number of hydrogen-bond acceptors (Lipinski definition) is 5. The summed E-state index contributed by atoms with van der Waals surface area (Å²) in [6, 6.07) is 0.0578. The fraction of sp³-hybridized carbons (Fsp3) is 0.600. The van der Waals surface area contributed by atoms with E-state index in [-0.39, 0.29) is 6.04 Å². The van der Waals surface area contributed by atoms with E-state index in [9.17, 15) is 0 Å². The summed E-state index contributed by atoms with van der Waals surface area (Å²) in [5, 5.41) is 0. The van der Waals surface area contributed by atoms with Gasteiger partial charge in [-0.2, -0.15) is 0 Å². The minimum Gasteiger partial charge on any atom is -0.480 e.